The number of esters is 1. The van der Waals surface area contributed by atoms with Crippen LogP contribution in [0.15, 0.2) is 35.2 Å². The van der Waals surface area contributed by atoms with Gasteiger partial charge in [-0.05, 0) is 61.2 Å². The van der Waals surface area contributed by atoms with Gasteiger partial charge in [-0.15, -0.1) is 0 Å². The Balaban J connectivity index is 2.40. The fraction of sp³-hybridized carbons (Fsp3) is 0.350. The molecule has 0 aromatic heterocycles. The van der Waals surface area contributed by atoms with Gasteiger partial charge in [0.1, 0.15) is 5.75 Å². The maximum Gasteiger partial charge on any atom is 0.339 e. The van der Waals surface area contributed by atoms with E-state index in [2.05, 4.69) is 4.72 Å². The monoisotopic (exact) mass is 425 g/mol. The summed E-state index contributed by atoms with van der Waals surface area (Å²) in [4.78, 5) is 12.0. The van der Waals surface area contributed by atoms with Crippen LogP contribution in [0, 0.1) is 6.92 Å². The fourth-order valence-electron chi connectivity index (χ4n) is 2.76. The minimum absolute atomic E-state index is 0.0859. The van der Waals surface area contributed by atoms with Crippen LogP contribution in [-0.2, 0) is 14.8 Å². The number of halogens is 1. The maximum absolute atomic E-state index is 12.9. The summed E-state index contributed by atoms with van der Waals surface area (Å²) >= 11 is 6.12. The summed E-state index contributed by atoms with van der Waals surface area (Å²) in [6.45, 7) is 7.54. The maximum atomic E-state index is 12.9. The Morgan fingerprint density at radius 3 is 2.43 bits per heavy atom. The Hall–Kier alpha value is -2.25. The van der Waals surface area contributed by atoms with Crippen molar-refractivity contribution in [3.63, 3.8) is 0 Å². The van der Waals surface area contributed by atoms with E-state index in [1.54, 1.807) is 33.1 Å². The van der Waals surface area contributed by atoms with Gasteiger partial charge in [0.15, 0.2) is 0 Å². The Morgan fingerprint density at radius 1 is 1.21 bits per heavy atom. The molecule has 0 aliphatic heterocycles. The highest BCUT2D eigenvalue weighted by Crippen LogP contribution is 2.32. The molecule has 0 unspecified atom stereocenters. The lowest BCUT2D eigenvalue weighted by atomic mass is 10.0. The molecule has 28 heavy (non-hydrogen) atoms. The first-order valence-corrected chi connectivity index (χ1v) is 10.6. The molecule has 0 saturated carbocycles. The molecule has 6 nitrogen and oxygen atoms in total. The van der Waals surface area contributed by atoms with E-state index < -0.39 is 16.0 Å². The molecule has 0 atom stereocenters. The summed E-state index contributed by atoms with van der Waals surface area (Å²) in [5, 5.41) is 0.105. The summed E-state index contributed by atoms with van der Waals surface area (Å²) in [5.41, 5.74) is 1.78. The van der Waals surface area contributed by atoms with Crippen molar-refractivity contribution in [2.45, 2.75) is 38.5 Å². The minimum atomic E-state index is -3.87. The smallest absolute Gasteiger partial charge is 0.339 e. The Bertz CT molecular complexity index is 986. The van der Waals surface area contributed by atoms with E-state index >= 15 is 0 Å². The SMILES string of the molecule is CCOC(=O)c1ccc(NS(=O)(=O)c2cc(C(C)C)c(OC)cc2C)cc1Cl. The molecule has 2 aromatic carbocycles. The molecule has 0 radical (unpaired) electrons. The van der Waals surface area contributed by atoms with Crippen molar-refractivity contribution in [2.75, 3.05) is 18.4 Å². The van der Waals surface area contributed by atoms with Gasteiger partial charge in [-0.2, -0.15) is 0 Å². The molecule has 0 heterocycles. The summed E-state index contributed by atoms with van der Waals surface area (Å²) in [6, 6.07) is 7.61. The normalized spacial score (nSPS) is 11.4. The van der Waals surface area contributed by atoms with Gasteiger partial charge < -0.3 is 9.47 Å². The quantitative estimate of drug-likeness (QED) is 0.647. The number of carbonyl (C=O) groups is 1. The highest BCUT2D eigenvalue weighted by atomic mass is 35.5. The van der Waals surface area contributed by atoms with Crippen LogP contribution in [0.1, 0.15) is 48.2 Å². The molecule has 0 saturated heterocycles. The van der Waals surface area contributed by atoms with E-state index in [1.807, 2.05) is 13.8 Å². The standard InChI is InChI=1S/C20H24ClNO5S/c1-6-27-20(23)15-8-7-14(10-17(15)21)22-28(24,25)19-11-16(12(2)3)18(26-5)9-13(19)4/h7-12,22H,6H2,1-5H3. The van der Waals surface area contributed by atoms with Gasteiger partial charge in [-0.3, -0.25) is 4.72 Å². The second-order valence-corrected chi connectivity index (χ2v) is 8.59. The van der Waals surface area contributed by atoms with Crippen molar-refractivity contribution in [1.29, 1.82) is 0 Å². The topological polar surface area (TPSA) is 81.7 Å². The van der Waals surface area contributed by atoms with Gasteiger partial charge in [0.05, 0.1) is 34.9 Å². The lowest BCUT2D eigenvalue weighted by Gasteiger charge is -2.17. The largest absolute Gasteiger partial charge is 0.496 e. The van der Waals surface area contributed by atoms with Crippen molar-refractivity contribution in [3.05, 3.63) is 52.0 Å². The molecule has 0 aliphatic rings. The van der Waals surface area contributed by atoms with E-state index in [0.29, 0.717) is 11.3 Å². The van der Waals surface area contributed by atoms with Gasteiger partial charge in [0.25, 0.3) is 10.0 Å². The lowest BCUT2D eigenvalue weighted by Crippen LogP contribution is -2.15. The van der Waals surface area contributed by atoms with Crippen LogP contribution in [0.5, 0.6) is 5.75 Å². The molecule has 0 fully saturated rings. The van der Waals surface area contributed by atoms with Crippen LogP contribution >= 0.6 is 11.6 Å². The number of nitrogens with one attached hydrogen (secondary N) is 1. The number of hydrogen-bond acceptors (Lipinski definition) is 5. The van der Waals surface area contributed by atoms with E-state index in [9.17, 15) is 13.2 Å². The Morgan fingerprint density at radius 2 is 1.89 bits per heavy atom. The number of methoxy groups -OCH3 is 1. The predicted molar refractivity (Wildman–Crippen MR) is 110 cm³/mol. The molecule has 0 amide bonds. The number of aryl methyl sites for hydroxylation is 1. The summed E-state index contributed by atoms with van der Waals surface area (Å²) in [5.74, 6) is 0.172. The molecular formula is C20H24ClNO5S. The van der Waals surface area contributed by atoms with Crippen LogP contribution in [0.4, 0.5) is 5.69 Å². The fourth-order valence-corrected chi connectivity index (χ4v) is 4.33. The zero-order valence-electron chi connectivity index (χ0n) is 16.5. The van der Waals surface area contributed by atoms with Crippen LogP contribution in [0.3, 0.4) is 0 Å². The Kier molecular flexibility index (Phi) is 6.96. The van der Waals surface area contributed by atoms with Crippen LogP contribution in [0.2, 0.25) is 5.02 Å². The van der Waals surface area contributed by atoms with Crippen LogP contribution < -0.4 is 9.46 Å². The summed E-state index contributed by atoms with van der Waals surface area (Å²) in [6.07, 6.45) is 0. The summed E-state index contributed by atoms with van der Waals surface area (Å²) < 4.78 is 38.7. The predicted octanol–water partition coefficient (Wildman–Crippen LogP) is 4.76. The van der Waals surface area contributed by atoms with Crippen molar-refractivity contribution in [2.24, 2.45) is 0 Å². The second kappa shape index (κ2) is 8.84. The van der Waals surface area contributed by atoms with Gasteiger partial charge >= 0.3 is 5.97 Å². The second-order valence-electron chi connectivity index (χ2n) is 6.53. The minimum Gasteiger partial charge on any atom is -0.496 e. The molecule has 8 heteroatoms. The van der Waals surface area contributed by atoms with E-state index in [1.165, 1.54) is 18.2 Å². The third-order valence-electron chi connectivity index (χ3n) is 4.16. The van der Waals surface area contributed by atoms with E-state index in [-0.39, 0.29) is 33.7 Å². The van der Waals surface area contributed by atoms with E-state index in [4.69, 9.17) is 21.1 Å². The number of carbonyl (C=O) groups excluding carboxylic acids is 1. The first kappa shape index (κ1) is 22.0. The van der Waals surface area contributed by atoms with Gasteiger partial charge in [-0.25, -0.2) is 13.2 Å². The molecule has 2 aromatic rings. The molecule has 152 valence electrons. The van der Waals surface area contributed by atoms with Crippen LogP contribution in [-0.4, -0.2) is 28.1 Å². The number of sulfonamides is 1. The molecule has 1 N–H and O–H groups in total. The molecule has 0 bridgehead atoms. The first-order chi connectivity index (χ1) is 13.1. The number of rotatable bonds is 7. The number of benzene rings is 2. The van der Waals surface area contributed by atoms with Crippen molar-refractivity contribution in [1.82, 2.24) is 0 Å². The van der Waals surface area contributed by atoms with Crippen molar-refractivity contribution in [3.8, 4) is 5.75 Å². The zero-order valence-corrected chi connectivity index (χ0v) is 18.1. The zero-order chi connectivity index (χ0) is 21.1. The highest BCUT2D eigenvalue weighted by molar-refractivity contribution is 7.92. The molecular weight excluding hydrogens is 402 g/mol. The van der Waals surface area contributed by atoms with Gasteiger partial charge in [0, 0.05) is 0 Å². The van der Waals surface area contributed by atoms with Gasteiger partial charge in [-0.1, -0.05) is 25.4 Å². The number of anilines is 1. The Labute approximate surface area is 170 Å². The van der Waals surface area contributed by atoms with Crippen LogP contribution in [0.25, 0.3) is 0 Å². The number of hydrogen-bond donors (Lipinski definition) is 1. The lowest BCUT2D eigenvalue weighted by molar-refractivity contribution is 0.0526. The first-order valence-electron chi connectivity index (χ1n) is 8.78. The number of ether oxygens (including phenoxy) is 2. The average Bonchev–Trinajstić information content (AvgIpc) is 2.60. The van der Waals surface area contributed by atoms with Gasteiger partial charge in [0.2, 0.25) is 0 Å². The van der Waals surface area contributed by atoms with E-state index in [0.717, 1.165) is 5.56 Å². The highest BCUT2D eigenvalue weighted by Gasteiger charge is 2.22. The average molecular weight is 426 g/mol. The molecule has 0 spiro atoms. The van der Waals surface area contributed by atoms with Crippen molar-refractivity contribution >= 4 is 33.3 Å². The third kappa shape index (κ3) is 4.77. The molecule has 2 rings (SSSR count). The summed E-state index contributed by atoms with van der Waals surface area (Å²) in [7, 11) is -2.31. The third-order valence-corrected chi connectivity index (χ3v) is 5.99. The molecule has 0 aliphatic carbocycles. The van der Waals surface area contributed by atoms with Crippen molar-refractivity contribution < 1.29 is 22.7 Å².